The van der Waals surface area contributed by atoms with Crippen LogP contribution in [-0.2, 0) is 22.2 Å². The van der Waals surface area contributed by atoms with E-state index in [0.29, 0.717) is 32.4 Å². The van der Waals surface area contributed by atoms with Crippen LogP contribution in [0.5, 0.6) is 0 Å². The molecule has 0 atom stereocenters. The maximum absolute atomic E-state index is 14.1. The molecule has 1 aromatic heterocycles. The van der Waals surface area contributed by atoms with E-state index in [2.05, 4.69) is 10.00 Å². The maximum atomic E-state index is 14.1. The van der Waals surface area contributed by atoms with E-state index in [-0.39, 0.29) is 17.1 Å². The number of alkyl halides is 3. The van der Waals surface area contributed by atoms with Gasteiger partial charge in [-0.25, -0.2) is 13.9 Å². The number of nitrogen functional groups attached to an aromatic ring is 1. The predicted molar refractivity (Wildman–Crippen MR) is 105 cm³/mol. The highest BCUT2D eigenvalue weighted by atomic mass is 19.4. The molecule has 0 spiro atoms. The van der Waals surface area contributed by atoms with E-state index in [0.717, 1.165) is 25.2 Å². The summed E-state index contributed by atoms with van der Waals surface area (Å²) in [5.41, 5.74) is 3.84. The molecule has 0 saturated carbocycles. The zero-order valence-electron chi connectivity index (χ0n) is 17.2. The number of ether oxygens (including phenoxy) is 2. The van der Waals surface area contributed by atoms with Crippen LogP contribution in [0.3, 0.4) is 0 Å². The molecule has 2 aromatic rings. The second kappa shape index (κ2) is 9.65. The van der Waals surface area contributed by atoms with Crippen molar-refractivity contribution in [3.05, 3.63) is 46.4 Å². The molecule has 1 fully saturated rings. The van der Waals surface area contributed by atoms with Gasteiger partial charge in [0, 0.05) is 19.6 Å². The van der Waals surface area contributed by atoms with Gasteiger partial charge in [-0.3, -0.25) is 9.69 Å². The zero-order valence-corrected chi connectivity index (χ0v) is 17.2. The fraction of sp³-hybridized carbons (Fsp3) is 0.450. The Morgan fingerprint density at radius 3 is 2.56 bits per heavy atom. The highest BCUT2D eigenvalue weighted by molar-refractivity contribution is 6.01. The first kappa shape index (κ1) is 23.7. The SMILES string of the molecule is Cc1nn(CCN2CCOCC2)c(N)c1C(=O)OCC(=O)c1cccc(C(F)(F)F)c1F. The largest absolute Gasteiger partial charge is 0.454 e. The fourth-order valence-corrected chi connectivity index (χ4v) is 3.33. The number of anilines is 1. The van der Waals surface area contributed by atoms with E-state index in [1.807, 2.05) is 0 Å². The molecule has 1 aliphatic rings. The molecule has 1 saturated heterocycles. The van der Waals surface area contributed by atoms with E-state index in [4.69, 9.17) is 15.2 Å². The van der Waals surface area contributed by atoms with Crippen LogP contribution in [0, 0.1) is 12.7 Å². The van der Waals surface area contributed by atoms with Crippen molar-refractivity contribution in [3.63, 3.8) is 0 Å². The number of morpholine rings is 1. The molecular formula is C20H22F4N4O4. The standard InChI is InChI=1S/C20H22F4N4O4/c1-12-16(18(25)28(26-12)6-5-27-7-9-31-10-8-27)19(30)32-11-15(29)13-3-2-4-14(17(13)21)20(22,23)24/h2-4H,5-11,25H2,1H3. The van der Waals surface area contributed by atoms with Gasteiger partial charge >= 0.3 is 12.1 Å². The van der Waals surface area contributed by atoms with Crippen LogP contribution < -0.4 is 5.73 Å². The maximum Gasteiger partial charge on any atom is 0.419 e. The van der Waals surface area contributed by atoms with Crippen LogP contribution in [0.4, 0.5) is 23.4 Å². The van der Waals surface area contributed by atoms with Gasteiger partial charge in [-0.2, -0.15) is 18.3 Å². The molecular weight excluding hydrogens is 436 g/mol. The molecule has 174 valence electrons. The summed E-state index contributed by atoms with van der Waals surface area (Å²) in [5.74, 6) is -3.76. The normalized spacial score (nSPS) is 15.0. The Bertz CT molecular complexity index is 1000. The van der Waals surface area contributed by atoms with E-state index in [9.17, 15) is 27.2 Å². The second-order valence-electron chi connectivity index (χ2n) is 7.19. The number of esters is 1. The minimum absolute atomic E-state index is 0.0402. The Morgan fingerprint density at radius 1 is 1.22 bits per heavy atom. The third kappa shape index (κ3) is 5.25. The van der Waals surface area contributed by atoms with Gasteiger partial charge in [-0.15, -0.1) is 0 Å². The van der Waals surface area contributed by atoms with Crippen molar-refractivity contribution in [2.24, 2.45) is 0 Å². The molecule has 0 bridgehead atoms. The molecule has 0 aliphatic carbocycles. The third-order valence-corrected chi connectivity index (χ3v) is 5.04. The molecule has 2 N–H and O–H groups in total. The number of carbonyl (C=O) groups excluding carboxylic acids is 2. The fourth-order valence-electron chi connectivity index (χ4n) is 3.33. The van der Waals surface area contributed by atoms with Crippen LogP contribution in [-0.4, -0.2) is 65.9 Å². The molecule has 12 heteroatoms. The minimum atomic E-state index is -4.96. The van der Waals surface area contributed by atoms with Gasteiger partial charge < -0.3 is 15.2 Å². The number of carbonyl (C=O) groups is 2. The van der Waals surface area contributed by atoms with Crippen molar-refractivity contribution in [1.29, 1.82) is 0 Å². The summed E-state index contributed by atoms with van der Waals surface area (Å²) in [4.78, 5) is 26.8. The van der Waals surface area contributed by atoms with E-state index >= 15 is 0 Å². The number of Topliss-reactive ketones (excluding diaryl/α,β-unsaturated/α-hetero) is 1. The second-order valence-corrected chi connectivity index (χ2v) is 7.19. The minimum Gasteiger partial charge on any atom is -0.454 e. The van der Waals surface area contributed by atoms with Crippen LogP contribution in [0.15, 0.2) is 18.2 Å². The van der Waals surface area contributed by atoms with Crippen molar-refractivity contribution < 1.29 is 36.6 Å². The summed E-state index contributed by atoms with van der Waals surface area (Å²) < 4.78 is 64.2. The topological polar surface area (TPSA) is 99.7 Å². The van der Waals surface area contributed by atoms with Crippen molar-refractivity contribution >= 4 is 17.6 Å². The summed E-state index contributed by atoms with van der Waals surface area (Å²) in [6.07, 6.45) is -4.96. The number of hydrogen-bond acceptors (Lipinski definition) is 7. The van der Waals surface area contributed by atoms with Crippen LogP contribution in [0.25, 0.3) is 0 Å². The van der Waals surface area contributed by atoms with E-state index < -0.39 is 41.5 Å². The summed E-state index contributed by atoms with van der Waals surface area (Å²) in [6, 6.07) is 2.32. The van der Waals surface area contributed by atoms with Crippen LogP contribution in [0.1, 0.15) is 32.0 Å². The van der Waals surface area contributed by atoms with Crippen molar-refractivity contribution in [1.82, 2.24) is 14.7 Å². The Hall–Kier alpha value is -2.99. The number of benzene rings is 1. The predicted octanol–water partition coefficient (Wildman–Crippen LogP) is 2.30. The number of halogens is 4. The lowest BCUT2D eigenvalue weighted by Crippen LogP contribution is -2.38. The molecule has 8 nitrogen and oxygen atoms in total. The molecule has 1 aliphatic heterocycles. The summed E-state index contributed by atoms with van der Waals surface area (Å²) >= 11 is 0. The first-order valence-corrected chi connectivity index (χ1v) is 9.78. The first-order valence-electron chi connectivity index (χ1n) is 9.78. The number of hydrogen-bond donors (Lipinski definition) is 1. The molecule has 2 heterocycles. The summed E-state index contributed by atoms with van der Waals surface area (Å²) in [6.45, 7) is 4.43. The van der Waals surface area contributed by atoms with Gasteiger partial charge in [0.25, 0.3) is 0 Å². The lowest BCUT2D eigenvalue weighted by atomic mass is 10.1. The van der Waals surface area contributed by atoms with Crippen molar-refractivity contribution in [3.8, 4) is 0 Å². The third-order valence-electron chi connectivity index (χ3n) is 5.04. The number of rotatable bonds is 7. The Morgan fingerprint density at radius 2 is 1.91 bits per heavy atom. The van der Waals surface area contributed by atoms with Gasteiger partial charge in [0.05, 0.1) is 36.6 Å². The lowest BCUT2D eigenvalue weighted by Gasteiger charge is -2.26. The quantitative estimate of drug-likeness (QED) is 0.386. The van der Waals surface area contributed by atoms with Gasteiger partial charge in [0.1, 0.15) is 17.2 Å². The van der Waals surface area contributed by atoms with Crippen LogP contribution >= 0.6 is 0 Å². The molecule has 0 amide bonds. The van der Waals surface area contributed by atoms with Gasteiger partial charge in [-0.05, 0) is 19.1 Å². The average Bonchev–Trinajstić information content (AvgIpc) is 3.03. The van der Waals surface area contributed by atoms with E-state index in [1.54, 1.807) is 0 Å². The molecule has 0 radical (unpaired) electrons. The summed E-state index contributed by atoms with van der Waals surface area (Å²) in [5, 5.41) is 4.22. The monoisotopic (exact) mass is 458 g/mol. The van der Waals surface area contributed by atoms with Gasteiger partial charge in [0.2, 0.25) is 5.78 Å². The number of nitrogens with two attached hydrogens (primary N) is 1. The molecule has 32 heavy (non-hydrogen) atoms. The first-order chi connectivity index (χ1) is 15.1. The van der Waals surface area contributed by atoms with E-state index in [1.165, 1.54) is 11.6 Å². The smallest absolute Gasteiger partial charge is 0.419 e. The van der Waals surface area contributed by atoms with Gasteiger partial charge in [-0.1, -0.05) is 6.07 Å². The Balaban J connectivity index is 1.65. The number of ketones is 1. The zero-order chi connectivity index (χ0) is 23.5. The number of aryl methyl sites for hydroxylation is 1. The lowest BCUT2D eigenvalue weighted by molar-refractivity contribution is -0.140. The Labute approximate surface area is 180 Å². The Kier molecular flexibility index (Phi) is 7.14. The number of nitrogens with zero attached hydrogens (tertiary/aromatic N) is 3. The highest BCUT2D eigenvalue weighted by Gasteiger charge is 2.35. The van der Waals surface area contributed by atoms with Crippen LogP contribution in [0.2, 0.25) is 0 Å². The average molecular weight is 458 g/mol. The summed E-state index contributed by atoms with van der Waals surface area (Å²) in [7, 11) is 0. The molecule has 3 rings (SSSR count). The van der Waals surface area contributed by atoms with Crippen molar-refractivity contribution in [2.75, 3.05) is 45.2 Å². The van der Waals surface area contributed by atoms with Crippen molar-refractivity contribution in [2.45, 2.75) is 19.6 Å². The van der Waals surface area contributed by atoms with Gasteiger partial charge in [0.15, 0.2) is 6.61 Å². The number of aromatic nitrogens is 2. The highest BCUT2D eigenvalue weighted by Crippen LogP contribution is 2.32. The molecule has 1 aromatic carbocycles. The molecule has 0 unspecified atom stereocenters.